The summed E-state index contributed by atoms with van der Waals surface area (Å²) in [5.74, 6) is 0. The Morgan fingerprint density at radius 1 is 1.31 bits per heavy atom. The van der Waals surface area contributed by atoms with Crippen molar-refractivity contribution in [2.45, 2.75) is 59.0 Å². The van der Waals surface area contributed by atoms with E-state index in [9.17, 15) is 0 Å². The molecule has 0 aromatic carbocycles. The van der Waals surface area contributed by atoms with Crippen molar-refractivity contribution < 1.29 is 4.74 Å². The number of allylic oxidation sites excluding steroid dienone is 1. The van der Waals surface area contributed by atoms with Crippen molar-refractivity contribution in [2.24, 2.45) is 0 Å². The molecular weight excluding hydrogens is 160 g/mol. The van der Waals surface area contributed by atoms with Gasteiger partial charge in [0.1, 0.15) is 0 Å². The zero-order valence-electron chi connectivity index (χ0n) is 9.60. The fourth-order valence-corrected chi connectivity index (χ4v) is 1.56. The van der Waals surface area contributed by atoms with E-state index in [1.807, 2.05) is 7.11 Å². The van der Waals surface area contributed by atoms with Gasteiger partial charge in [-0.2, -0.15) is 0 Å². The molecule has 1 heteroatoms. The fraction of sp³-hybridized carbons (Fsp3) is 0.833. The molecule has 0 fully saturated rings. The van der Waals surface area contributed by atoms with Gasteiger partial charge in [0, 0.05) is 7.11 Å². The van der Waals surface area contributed by atoms with Crippen molar-refractivity contribution >= 4 is 0 Å². The van der Waals surface area contributed by atoms with E-state index >= 15 is 0 Å². The quantitative estimate of drug-likeness (QED) is 0.430. The molecule has 1 unspecified atom stereocenters. The number of rotatable bonds is 7. The largest absolute Gasteiger partial charge is 0.377 e. The zero-order chi connectivity index (χ0) is 10.1. The predicted molar refractivity (Wildman–Crippen MR) is 59.0 cm³/mol. The molecule has 0 rings (SSSR count). The molecule has 13 heavy (non-hydrogen) atoms. The van der Waals surface area contributed by atoms with Gasteiger partial charge in [0.15, 0.2) is 0 Å². The Morgan fingerprint density at radius 3 is 2.46 bits per heavy atom. The number of ether oxygens (including phenoxy) is 1. The van der Waals surface area contributed by atoms with Gasteiger partial charge in [0.2, 0.25) is 0 Å². The van der Waals surface area contributed by atoms with Crippen molar-refractivity contribution in [2.75, 3.05) is 7.11 Å². The molecule has 1 nitrogen and oxygen atoms in total. The van der Waals surface area contributed by atoms with Crippen LogP contribution in [-0.2, 0) is 4.74 Å². The minimum Gasteiger partial charge on any atom is -0.377 e. The predicted octanol–water partition coefficient (Wildman–Crippen LogP) is 3.94. The number of unbranched alkanes of at least 4 members (excludes halogenated alkanes) is 2. The lowest BCUT2D eigenvalue weighted by Gasteiger charge is -2.15. The average Bonchev–Trinajstić information content (AvgIpc) is 2.13. The second-order valence-electron chi connectivity index (χ2n) is 3.58. The molecule has 0 heterocycles. The Bertz CT molecular complexity index is 138. The lowest BCUT2D eigenvalue weighted by atomic mass is 10.0. The van der Waals surface area contributed by atoms with Gasteiger partial charge >= 0.3 is 0 Å². The summed E-state index contributed by atoms with van der Waals surface area (Å²) < 4.78 is 5.44. The monoisotopic (exact) mass is 184 g/mol. The Balaban J connectivity index is 3.80. The molecule has 0 aliphatic rings. The second kappa shape index (κ2) is 8.31. The highest BCUT2D eigenvalue weighted by Crippen LogP contribution is 2.14. The second-order valence-corrected chi connectivity index (χ2v) is 3.58. The van der Waals surface area contributed by atoms with E-state index in [1.54, 1.807) is 0 Å². The molecule has 1 atom stereocenters. The molecule has 0 bridgehead atoms. The Kier molecular flexibility index (Phi) is 8.11. The molecule has 0 aromatic rings. The van der Waals surface area contributed by atoms with Crippen LogP contribution in [0.4, 0.5) is 0 Å². The smallest absolute Gasteiger partial charge is 0.0778 e. The fourth-order valence-electron chi connectivity index (χ4n) is 1.56. The van der Waals surface area contributed by atoms with Gasteiger partial charge in [0.05, 0.1) is 6.10 Å². The van der Waals surface area contributed by atoms with E-state index in [2.05, 4.69) is 26.8 Å². The maximum atomic E-state index is 5.44. The van der Waals surface area contributed by atoms with Crippen LogP contribution in [0.1, 0.15) is 52.9 Å². The standard InChI is InChI=1S/C12H24O/c1-5-7-8-10-12(13-4)11(3)9-6-2/h9,12H,5-8,10H2,1-4H3. The van der Waals surface area contributed by atoms with Crippen molar-refractivity contribution in [3.05, 3.63) is 11.6 Å². The van der Waals surface area contributed by atoms with Crippen LogP contribution in [-0.4, -0.2) is 13.2 Å². The molecule has 0 aromatic heterocycles. The first-order chi connectivity index (χ1) is 6.26. The number of hydrogen-bond acceptors (Lipinski definition) is 1. The summed E-state index contributed by atoms with van der Waals surface area (Å²) in [5, 5.41) is 0. The van der Waals surface area contributed by atoms with E-state index in [4.69, 9.17) is 4.74 Å². The van der Waals surface area contributed by atoms with E-state index in [-0.39, 0.29) is 0 Å². The van der Waals surface area contributed by atoms with Gasteiger partial charge in [-0.1, -0.05) is 39.2 Å². The number of hydrogen-bond donors (Lipinski definition) is 0. The van der Waals surface area contributed by atoms with Crippen molar-refractivity contribution in [1.82, 2.24) is 0 Å². The van der Waals surface area contributed by atoms with Gasteiger partial charge in [0.25, 0.3) is 0 Å². The van der Waals surface area contributed by atoms with Gasteiger partial charge in [-0.25, -0.2) is 0 Å². The molecule has 0 aliphatic heterocycles. The van der Waals surface area contributed by atoms with Gasteiger partial charge < -0.3 is 4.74 Å². The van der Waals surface area contributed by atoms with Gasteiger partial charge in [-0.05, 0) is 25.3 Å². The highest BCUT2D eigenvalue weighted by molar-refractivity contribution is 5.04. The molecule has 0 N–H and O–H groups in total. The van der Waals surface area contributed by atoms with E-state index < -0.39 is 0 Å². The molecule has 78 valence electrons. The van der Waals surface area contributed by atoms with Gasteiger partial charge in [-0.15, -0.1) is 0 Å². The Morgan fingerprint density at radius 2 is 2.00 bits per heavy atom. The third-order valence-electron chi connectivity index (χ3n) is 2.39. The summed E-state index contributed by atoms with van der Waals surface area (Å²) in [6.07, 6.45) is 8.79. The Hall–Kier alpha value is -0.300. The molecule has 0 saturated carbocycles. The third-order valence-corrected chi connectivity index (χ3v) is 2.39. The first kappa shape index (κ1) is 12.7. The summed E-state index contributed by atoms with van der Waals surface area (Å²) >= 11 is 0. The minimum absolute atomic E-state index is 0.353. The lowest BCUT2D eigenvalue weighted by molar-refractivity contribution is 0.121. The molecule has 0 saturated heterocycles. The van der Waals surface area contributed by atoms with Crippen LogP contribution < -0.4 is 0 Å². The van der Waals surface area contributed by atoms with E-state index in [0.717, 1.165) is 6.42 Å². The normalized spacial score (nSPS) is 14.6. The van der Waals surface area contributed by atoms with Crippen LogP contribution >= 0.6 is 0 Å². The SMILES string of the molecule is CCC=C(C)C(CCCCC)OC. The Labute approximate surface area is 83.2 Å². The molecule has 0 spiro atoms. The topological polar surface area (TPSA) is 9.23 Å². The summed E-state index contributed by atoms with van der Waals surface area (Å²) in [5.41, 5.74) is 1.39. The van der Waals surface area contributed by atoms with Crippen molar-refractivity contribution in [3.63, 3.8) is 0 Å². The molecule has 0 aliphatic carbocycles. The van der Waals surface area contributed by atoms with E-state index in [1.165, 1.54) is 31.3 Å². The van der Waals surface area contributed by atoms with Crippen LogP contribution in [0.15, 0.2) is 11.6 Å². The average molecular weight is 184 g/mol. The van der Waals surface area contributed by atoms with Gasteiger partial charge in [-0.3, -0.25) is 0 Å². The van der Waals surface area contributed by atoms with Crippen LogP contribution in [0.2, 0.25) is 0 Å². The van der Waals surface area contributed by atoms with Crippen LogP contribution in [0.5, 0.6) is 0 Å². The molecule has 0 radical (unpaired) electrons. The maximum Gasteiger partial charge on any atom is 0.0778 e. The highest BCUT2D eigenvalue weighted by Gasteiger charge is 2.07. The minimum atomic E-state index is 0.353. The molecule has 0 amide bonds. The van der Waals surface area contributed by atoms with Crippen LogP contribution in [0, 0.1) is 0 Å². The summed E-state index contributed by atoms with van der Waals surface area (Å²) in [6.45, 7) is 6.57. The summed E-state index contributed by atoms with van der Waals surface area (Å²) in [6, 6.07) is 0. The van der Waals surface area contributed by atoms with E-state index in [0.29, 0.717) is 6.10 Å². The first-order valence-corrected chi connectivity index (χ1v) is 5.45. The van der Waals surface area contributed by atoms with Crippen molar-refractivity contribution in [3.8, 4) is 0 Å². The summed E-state index contributed by atoms with van der Waals surface area (Å²) in [7, 11) is 1.81. The van der Waals surface area contributed by atoms with Crippen LogP contribution in [0.3, 0.4) is 0 Å². The molecular formula is C12H24O. The third kappa shape index (κ3) is 5.87. The number of methoxy groups -OCH3 is 1. The van der Waals surface area contributed by atoms with Crippen LogP contribution in [0.25, 0.3) is 0 Å². The highest BCUT2D eigenvalue weighted by atomic mass is 16.5. The first-order valence-electron chi connectivity index (χ1n) is 5.45. The maximum absolute atomic E-state index is 5.44. The zero-order valence-corrected chi connectivity index (χ0v) is 9.60. The van der Waals surface area contributed by atoms with Crippen molar-refractivity contribution in [1.29, 1.82) is 0 Å². The summed E-state index contributed by atoms with van der Waals surface area (Å²) in [4.78, 5) is 0. The lowest BCUT2D eigenvalue weighted by Crippen LogP contribution is -2.11.